The van der Waals surface area contributed by atoms with E-state index < -0.39 is 0 Å². The molecule has 6 nitrogen and oxygen atoms in total. The van der Waals surface area contributed by atoms with Gasteiger partial charge in [0, 0.05) is 11.1 Å². The van der Waals surface area contributed by atoms with Gasteiger partial charge >= 0.3 is 0 Å². The van der Waals surface area contributed by atoms with Gasteiger partial charge in [0.1, 0.15) is 6.54 Å². The fourth-order valence-corrected chi connectivity index (χ4v) is 2.68. The highest BCUT2D eigenvalue weighted by atomic mass is 16.4. The normalized spacial score (nSPS) is 11.2. The van der Waals surface area contributed by atoms with Gasteiger partial charge < -0.3 is 4.42 Å². The zero-order valence-electron chi connectivity index (χ0n) is 14.7. The number of benzene rings is 2. The van der Waals surface area contributed by atoms with E-state index in [0.717, 1.165) is 16.9 Å². The van der Waals surface area contributed by atoms with E-state index in [1.54, 1.807) is 6.20 Å². The molecule has 0 amide bonds. The topological polar surface area (TPSA) is 69.6 Å². The summed E-state index contributed by atoms with van der Waals surface area (Å²) in [6.45, 7) is 4.68. The Morgan fingerprint density at radius 1 is 0.962 bits per heavy atom. The molecule has 2 aromatic heterocycles. The van der Waals surface area contributed by atoms with Gasteiger partial charge in [0.25, 0.3) is 0 Å². The highest BCUT2D eigenvalue weighted by Gasteiger charge is 2.11. The van der Waals surface area contributed by atoms with Gasteiger partial charge in [-0.3, -0.25) is 0 Å². The van der Waals surface area contributed by atoms with Crippen molar-refractivity contribution < 1.29 is 4.42 Å². The van der Waals surface area contributed by atoms with Crippen LogP contribution in [0.3, 0.4) is 0 Å². The Balaban J connectivity index is 1.49. The third-order valence-corrected chi connectivity index (χ3v) is 4.18. The molecule has 4 rings (SSSR count). The van der Waals surface area contributed by atoms with Gasteiger partial charge in [0.2, 0.25) is 11.7 Å². The molecule has 0 N–H and O–H groups in total. The van der Waals surface area contributed by atoms with Crippen molar-refractivity contribution in [3.8, 4) is 22.7 Å². The summed E-state index contributed by atoms with van der Waals surface area (Å²) in [5.41, 5.74) is 3.22. The molecule has 130 valence electrons. The summed E-state index contributed by atoms with van der Waals surface area (Å²) in [5.74, 6) is 2.36. The number of hydrogen-bond donors (Lipinski definition) is 0. The molecule has 2 aromatic carbocycles. The summed E-state index contributed by atoms with van der Waals surface area (Å²) in [6.07, 6.45) is 1.72. The molecule has 0 aliphatic rings. The maximum absolute atomic E-state index is 5.79. The van der Waals surface area contributed by atoms with Crippen molar-refractivity contribution in [3.63, 3.8) is 0 Å². The van der Waals surface area contributed by atoms with E-state index in [4.69, 9.17) is 4.42 Å². The van der Waals surface area contributed by atoms with Gasteiger partial charge in [-0.15, -0.1) is 10.2 Å². The smallest absolute Gasteiger partial charge is 0.218 e. The lowest BCUT2D eigenvalue weighted by Gasteiger charge is -2.04. The number of nitrogens with zero attached hydrogens (tertiary/aromatic N) is 5. The van der Waals surface area contributed by atoms with E-state index in [1.807, 2.05) is 42.5 Å². The molecule has 0 bridgehead atoms. The second-order valence-corrected chi connectivity index (χ2v) is 6.40. The van der Waals surface area contributed by atoms with Crippen LogP contribution in [-0.4, -0.2) is 25.2 Å². The van der Waals surface area contributed by atoms with Crippen LogP contribution in [0.5, 0.6) is 0 Å². The first-order valence-corrected chi connectivity index (χ1v) is 8.57. The number of hydrogen-bond acceptors (Lipinski definition) is 5. The third-order valence-electron chi connectivity index (χ3n) is 4.18. The zero-order valence-corrected chi connectivity index (χ0v) is 14.7. The minimum absolute atomic E-state index is 0.337. The highest BCUT2D eigenvalue weighted by molar-refractivity contribution is 5.56. The van der Waals surface area contributed by atoms with Crippen molar-refractivity contribution in [2.24, 2.45) is 0 Å². The Kier molecular flexibility index (Phi) is 4.31. The molecular formula is C20H19N5O. The molecule has 0 aliphatic heterocycles. The summed E-state index contributed by atoms with van der Waals surface area (Å²) >= 11 is 0. The monoisotopic (exact) mass is 345 g/mol. The number of tetrazole rings is 1. The molecule has 0 aliphatic carbocycles. The lowest BCUT2D eigenvalue weighted by Crippen LogP contribution is -2.04. The molecule has 0 saturated heterocycles. The second kappa shape index (κ2) is 6.92. The van der Waals surface area contributed by atoms with Gasteiger partial charge in [0.15, 0.2) is 5.76 Å². The molecule has 0 radical (unpaired) electrons. The molecule has 0 saturated carbocycles. The second-order valence-electron chi connectivity index (χ2n) is 6.40. The summed E-state index contributed by atoms with van der Waals surface area (Å²) in [4.78, 5) is 5.80. The van der Waals surface area contributed by atoms with Crippen LogP contribution in [0.25, 0.3) is 22.7 Å². The van der Waals surface area contributed by atoms with Crippen LogP contribution in [0.4, 0.5) is 0 Å². The minimum Gasteiger partial charge on any atom is -0.439 e. The van der Waals surface area contributed by atoms with Crippen LogP contribution < -0.4 is 0 Å². The maximum Gasteiger partial charge on any atom is 0.218 e. The van der Waals surface area contributed by atoms with E-state index in [9.17, 15) is 0 Å². The van der Waals surface area contributed by atoms with Crippen LogP contribution >= 0.6 is 0 Å². The molecular weight excluding hydrogens is 326 g/mol. The van der Waals surface area contributed by atoms with E-state index in [1.165, 1.54) is 10.4 Å². The third kappa shape index (κ3) is 3.39. The van der Waals surface area contributed by atoms with Crippen molar-refractivity contribution >= 4 is 0 Å². The summed E-state index contributed by atoms with van der Waals surface area (Å²) in [5, 5.41) is 12.7. The minimum atomic E-state index is 0.337. The van der Waals surface area contributed by atoms with Crippen LogP contribution in [0.1, 0.15) is 31.2 Å². The fourth-order valence-electron chi connectivity index (χ4n) is 2.68. The van der Waals surface area contributed by atoms with E-state index >= 15 is 0 Å². The lowest BCUT2D eigenvalue weighted by atomic mass is 10.0. The SMILES string of the molecule is CC(C)c1ccc(-c2nnn(Cc3ncc(-c4ccccc4)o3)n2)cc1. The molecule has 0 spiro atoms. The molecule has 0 unspecified atom stereocenters. The van der Waals surface area contributed by atoms with Crippen LogP contribution in [0.15, 0.2) is 65.2 Å². The molecule has 2 heterocycles. The van der Waals surface area contributed by atoms with Crippen molar-refractivity contribution in [1.82, 2.24) is 25.2 Å². The maximum atomic E-state index is 5.79. The van der Waals surface area contributed by atoms with Gasteiger partial charge in [-0.05, 0) is 16.7 Å². The number of rotatable bonds is 5. The average Bonchev–Trinajstić information content (AvgIpc) is 3.33. The molecule has 26 heavy (non-hydrogen) atoms. The Hall–Kier alpha value is -3.28. The van der Waals surface area contributed by atoms with E-state index in [0.29, 0.717) is 24.2 Å². The number of aromatic nitrogens is 5. The van der Waals surface area contributed by atoms with Crippen molar-refractivity contribution in [3.05, 3.63) is 72.2 Å². The van der Waals surface area contributed by atoms with Crippen molar-refractivity contribution in [1.29, 1.82) is 0 Å². The zero-order chi connectivity index (χ0) is 17.9. The first kappa shape index (κ1) is 16.2. The summed E-state index contributed by atoms with van der Waals surface area (Å²) in [7, 11) is 0. The summed E-state index contributed by atoms with van der Waals surface area (Å²) in [6, 6.07) is 18.1. The van der Waals surface area contributed by atoms with E-state index in [2.05, 4.69) is 46.4 Å². The number of oxazole rings is 1. The molecule has 0 fully saturated rings. The van der Waals surface area contributed by atoms with Crippen LogP contribution in [0, 0.1) is 0 Å². The van der Waals surface area contributed by atoms with E-state index in [-0.39, 0.29) is 0 Å². The Morgan fingerprint density at radius 3 is 2.46 bits per heavy atom. The van der Waals surface area contributed by atoms with Gasteiger partial charge in [-0.2, -0.15) is 4.80 Å². The molecule has 0 atom stereocenters. The fraction of sp³-hybridized carbons (Fsp3) is 0.200. The first-order chi connectivity index (χ1) is 12.7. The van der Waals surface area contributed by atoms with Crippen LogP contribution in [0.2, 0.25) is 0 Å². The Labute approximate surface area is 151 Å². The average molecular weight is 345 g/mol. The lowest BCUT2D eigenvalue weighted by molar-refractivity contribution is 0.446. The Morgan fingerprint density at radius 2 is 1.73 bits per heavy atom. The van der Waals surface area contributed by atoms with Gasteiger partial charge in [0.05, 0.1) is 6.20 Å². The molecule has 6 heteroatoms. The van der Waals surface area contributed by atoms with Crippen molar-refractivity contribution in [2.75, 3.05) is 0 Å². The Bertz CT molecular complexity index is 986. The predicted molar refractivity (Wildman–Crippen MR) is 98.4 cm³/mol. The van der Waals surface area contributed by atoms with Gasteiger partial charge in [-0.1, -0.05) is 68.4 Å². The van der Waals surface area contributed by atoms with Crippen LogP contribution in [-0.2, 0) is 6.54 Å². The van der Waals surface area contributed by atoms with Crippen molar-refractivity contribution in [2.45, 2.75) is 26.3 Å². The standard InChI is InChI=1S/C20H19N5O/c1-14(2)15-8-10-17(11-9-15)20-22-24-25(23-20)13-19-21-12-18(26-19)16-6-4-3-5-7-16/h3-12,14H,13H2,1-2H3. The quantitative estimate of drug-likeness (QED) is 0.543. The highest BCUT2D eigenvalue weighted by Crippen LogP contribution is 2.21. The summed E-state index contributed by atoms with van der Waals surface area (Å²) < 4.78 is 5.79. The largest absolute Gasteiger partial charge is 0.439 e. The predicted octanol–water partition coefficient (Wildman–Crippen LogP) is 4.17. The van der Waals surface area contributed by atoms with Gasteiger partial charge in [-0.25, -0.2) is 4.98 Å². The first-order valence-electron chi connectivity index (χ1n) is 8.57. The molecule has 4 aromatic rings.